The Morgan fingerprint density at radius 1 is 0.614 bits per heavy atom. The van der Waals surface area contributed by atoms with E-state index in [1.165, 1.54) is 32.1 Å². The molecule has 44 heavy (non-hydrogen) atoms. The zero-order valence-electron chi connectivity index (χ0n) is 31.6. The van der Waals surface area contributed by atoms with Crippen LogP contribution in [0.1, 0.15) is 148 Å². The second-order valence-electron chi connectivity index (χ2n) is 16.7. The van der Waals surface area contributed by atoms with Gasteiger partial charge in [0.05, 0.1) is 0 Å². The van der Waals surface area contributed by atoms with E-state index in [4.69, 9.17) is 15.0 Å². The van der Waals surface area contributed by atoms with E-state index in [2.05, 4.69) is 117 Å². The molecule has 0 unspecified atom stereocenters. The first-order valence-corrected chi connectivity index (χ1v) is 18.3. The van der Waals surface area contributed by atoms with E-state index in [0.717, 1.165) is 69.7 Å². The third-order valence-electron chi connectivity index (χ3n) is 11.6. The van der Waals surface area contributed by atoms with Gasteiger partial charge in [-0.15, -0.1) is 0 Å². The van der Waals surface area contributed by atoms with Gasteiger partial charge in [0.25, 0.3) is 0 Å². The molecule has 3 rings (SSSR count). The first-order chi connectivity index (χ1) is 20.5. The molecule has 2 fully saturated rings. The number of rotatable bonds is 14. The fourth-order valence-electron chi connectivity index (χ4n) is 9.37. The molecule has 0 bridgehead atoms. The van der Waals surface area contributed by atoms with Crippen LogP contribution in [0.4, 0.5) is 17.8 Å². The Kier molecular flexibility index (Phi) is 12.1. The van der Waals surface area contributed by atoms with E-state index in [-0.39, 0.29) is 21.9 Å². The van der Waals surface area contributed by atoms with E-state index in [9.17, 15) is 0 Å². The Labute approximate surface area is 273 Å². The van der Waals surface area contributed by atoms with Crippen LogP contribution in [0.15, 0.2) is 0 Å². The highest BCUT2D eigenvalue weighted by Crippen LogP contribution is 2.53. The molecule has 0 spiro atoms. The van der Waals surface area contributed by atoms with Crippen LogP contribution >= 0.6 is 0 Å². The van der Waals surface area contributed by atoms with Crippen molar-refractivity contribution in [2.24, 2.45) is 16.7 Å². The predicted octanol–water partition coefficient (Wildman–Crippen LogP) is 8.82. The van der Waals surface area contributed by atoms with Crippen LogP contribution in [-0.2, 0) is 0 Å². The first-order valence-electron chi connectivity index (χ1n) is 18.3. The van der Waals surface area contributed by atoms with Crippen LogP contribution in [-0.4, -0.2) is 76.2 Å². The zero-order chi connectivity index (χ0) is 33.1. The number of aromatic nitrogens is 3. The van der Waals surface area contributed by atoms with E-state index < -0.39 is 0 Å². The van der Waals surface area contributed by atoms with Crippen LogP contribution in [0.25, 0.3) is 0 Å². The van der Waals surface area contributed by atoms with Crippen LogP contribution < -0.4 is 14.7 Å². The molecule has 1 aliphatic carbocycles. The molecule has 7 heteroatoms. The third kappa shape index (κ3) is 8.01. The molecule has 2 heterocycles. The number of nitrogens with zero attached hydrogens (tertiary/aromatic N) is 7. The summed E-state index contributed by atoms with van der Waals surface area (Å²) in [5, 5.41) is 0. The number of hydrogen-bond acceptors (Lipinski definition) is 7. The Morgan fingerprint density at radius 2 is 1.00 bits per heavy atom. The number of unbranched alkanes of at least 4 members (excludes halogenated alkanes) is 2. The molecular formula is C37H71N7. The maximum atomic E-state index is 5.41. The van der Waals surface area contributed by atoms with E-state index >= 15 is 0 Å². The molecule has 0 atom stereocenters. The normalized spacial score (nSPS) is 24.7. The van der Waals surface area contributed by atoms with Gasteiger partial charge in [0.15, 0.2) is 0 Å². The molecule has 0 radical (unpaired) electrons. The Hall–Kier alpha value is -1.63. The summed E-state index contributed by atoms with van der Waals surface area (Å²) in [7, 11) is 2.29. The van der Waals surface area contributed by atoms with Crippen LogP contribution in [0.5, 0.6) is 0 Å². The molecule has 0 aromatic carbocycles. The average molecular weight is 614 g/mol. The summed E-state index contributed by atoms with van der Waals surface area (Å²) < 4.78 is 0. The SMILES string of the molecule is CCCCN(CCCC)c1nc(N(CC)C2CC(C)(C)C(CC)C(C)(C)C2)nc(N(CC)C2CC(C)(C)N(C)C(C)(C)C2)n1. The van der Waals surface area contributed by atoms with Gasteiger partial charge in [-0.3, -0.25) is 4.90 Å². The fourth-order valence-corrected chi connectivity index (χ4v) is 9.37. The van der Waals surface area contributed by atoms with Crippen LogP contribution in [0.3, 0.4) is 0 Å². The first kappa shape index (κ1) is 36.8. The largest absolute Gasteiger partial charge is 0.341 e. The van der Waals surface area contributed by atoms with Gasteiger partial charge in [0, 0.05) is 49.3 Å². The van der Waals surface area contributed by atoms with Gasteiger partial charge in [-0.05, 0) is 104 Å². The standard InChI is InChI=1S/C37H71N7/c1-15-20-22-42(23-21-16-2)31-38-32(43(18-4)28-24-34(6,7)30(17-3)35(8,9)25-28)40-33(39-31)44(19-5)29-26-36(10,11)41(14)37(12,13)27-29/h28-30H,15-27H2,1-14H3. The second-order valence-corrected chi connectivity index (χ2v) is 16.7. The van der Waals surface area contributed by atoms with E-state index in [1.807, 2.05) is 0 Å². The lowest BCUT2D eigenvalue weighted by Crippen LogP contribution is -2.63. The van der Waals surface area contributed by atoms with Crippen molar-refractivity contribution in [1.29, 1.82) is 0 Å². The molecule has 0 N–H and O–H groups in total. The lowest BCUT2D eigenvalue weighted by Gasteiger charge is -2.55. The summed E-state index contributed by atoms with van der Waals surface area (Å²) in [4.78, 5) is 26.2. The van der Waals surface area contributed by atoms with Crippen molar-refractivity contribution in [3.8, 4) is 0 Å². The van der Waals surface area contributed by atoms with E-state index in [1.54, 1.807) is 0 Å². The van der Waals surface area contributed by atoms with Gasteiger partial charge in [-0.25, -0.2) is 0 Å². The van der Waals surface area contributed by atoms with Gasteiger partial charge in [-0.2, -0.15) is 15.0 Å². The molecule has 1 saturated heterocycles. The van der Waals surface area contributed by atoms with Crippen molar-refractivity contribution in [1.82, 2.24) is 19.9 Å². The minimum atomic E-state index is 0.0946. The second kappa shape index (κ2) is 14.4. The van der Waals surface area contributed by atoms with Crippen molar-refractivity contribution < 1.29 is 0 Å². The summed E-state index contributed by atoms with van der Waals surface area (Å²) in [5.41, 5.74) is 0.722. The fraction of sp³-hybridized carbons (Fsp3) is 0.919. The number of piperidine rings is 1. The quantitative estimate of drug-likeness (QED) is 0.208. The van der Waals surface area contributed by atoms with Gasteiger partial charge in [-0.1, -0.05) is 67.7 Å². The van der Waals surface area contributed by atoms with Gasteiger partial charge >= 0.3 is 0 Å². The Bertz CT molecular complexity index is 1000. The van der Waals surface area contributed by atoms with Gasteiger partial charge in [0.1, 0.15) is 0 Å². The Morgan fingerprint density at radius 3 is 1.36 bits per heavy atom. The summed E-state index contributed by atoms with van der Waals surface area (Å²) in [6.45, 7) is 34.8. The average Bonchev–Trinajstić information content (AvgIpc) is 2.91. The molecule has 2 aliphatic rings. The zero-order valence-corrected chi connectivity index (χ0v) is 31.6. The van der Waals surface area contributed by atoms with Gasteiger partial charge in [0.2, 0.25) is 17.8 Å². The molecule has 1 aromatic heterocycles. The molecule has 1 saturated carbocycles. The van der Waals surface area contributed by atoms with Crippen molar-refractivity contribution in [2.75, 3.05) is 47.9 Å². The van der Waals surface area contributed by atoms with Crippen molar-refractivity contribution >= 4 is 17.8 Å². The summed E-state index contributed by atoms with van der Waals surface area (Å²) >= 11 is 0. The lowest BCUT2D eigenvalue weighted by molar-refractivity contribution is -0.0127. The maximum absolute atomic E-state index is 5.41. The molecule has 1 aromatic rings. The maximum Gasteiger partial charge on any atom is 0.232 e. The van der Waals surface area contributed by atoms with Gasteiger partial charge < -0.3 is 14.7 Å². The molecule has 0 amide bonds. The minimum absolute atomic E-state index is 0.0946. The van der Waals surface area contributed by atoms with Crippen molar-refractivity contribution in [3.05, 3.63) is 0 Å². The molecule has 254 valence electrons. The molecule has 7 nitrogen and oxygen atoms in total. The smallest absolute Gasteiger partial charge is 0.232 e. The minimum Gasteiger partial charge on any atom is -0.341 e. The topological polar surface area (TPSA) is 51.6 Å². The number of hydrogen-bond donors (Lipinski definition) is 0. The van der Waals surface area contributed by atoms with Crippen LogP contribution in [0, 0.1) is 16.7 Å². The number of anilines is 3. The predicted molar refractivity (Wildman–Crippen MR) is 191 cm³/mol. The lowest BCUT2D eigenvalue weighted by atomic mass is 9.55. The number of likely N-dealkylation sites (tertiary alicyclic amines) is 1. The molecular weight excluding hydrogens is 542 g/mol. The van der Waals surface area contributed by atoms with Crippen LogP contribution in [0.2, 0.25) is 0 Å². The van der Waals surface area contributed by atoms with Crippen molar-refractivity contribution in [2.45, 2.75) is 171 Å². The third-order valence-corrected chi connectivity index (χ3v) is 11.6. The Balaban J connectivity index is 2.14. The van der Waals surface area contributed by atoms with Crippen molar-refractivity contribution in [3.63, 3.8) is 0 Å². The highest BCUT2D eigenvalue weighted by atomic mass is 15.4. The summed E-state index contributed by atoms with van der Waals surface area (Å²) in [5.74, 6) is 3.32. The highest BCUT2D eigenvalue weighted by molar-refractivity contribution is 5.48. The highest BCUT2D eigenvalue weighted by Gasteiger charge is 2.48. The van der Waals surface area contributed by atoms with E-state index in [0.29, 0.717) is 18.0 Å². The summed E-state index contributed by atoms with van der Waals surface area (Å²) in [6.07, 6.45) is 10.4. The summed E-state index contributed by atoms with van der Waals surface area (Å²) in [6, 6.07) is 0.781. The molecule has 1 aliphatic heterocycles. The monoisotopic (exact) mass is 614 g/mol.